The highest BCUT2D eigenvalue weighted by atomic mass is 19.1. The summed E-state index contributed by atoms with van der Waals surface area (Å²) in [4.78, 5) is 14.1. The van der Waals surface area contributed by atoms with Gasteiger partial charge in [0.15, 0.2) is 5.76 Å². The van der Waals surface area contributed by atoms with Crippen LogP contribution in [0.15, 0.2) is 10.6 Å². The first-order chi connectivity index (χ1) is 11.5. The Morgan fingerprint density at radius 2 is 2.38 bits per heavy atom. The molecule has 0 spiro atoms. The lowest BCUT2D eigenvalue weighted by atomic mass is 10.2. The number of hydrogen-bond acceptors (Lipinski definition) is 5. The fourth-order valence-corrected chi connectivity index (χ4v) is 3.02. The van der Waals surface area contributed by atoms with E-state index in [1.54, 1.807) is 6.92 Å². The summed E-state index contributed by atoms with van der Waals surface area (Å²) in [6.07, 6.45) is 1.48. The molecule has 1 aliphatic heterocycles. The third kappa shape index (κ3) is 4.77. The van der Waals surface area contributed by atoms with Crippen molar-refractivity contribution in [1.29, 1.82) is 0 Å². The summed E-state index contributed by atoms with van der Waals surface area (Å²) in [5, 5.41) is 6.75. The Morgan fingerprint density at radius 3 is 3.04 bits per heavy atom. The van der Waals surface area contributed by atoms with Gasteiger partial charge in [-0.15, -0.1) is 0 Å². The van der Waals surface area contributed by atoms with Gasteiger partial charge in [0.05, 0.1) is 18.8 Å². The number of aryl methyl sites for hydroxylation is 1. The first kappa shape index (κ1) is 17.4. The zero-order chi connectivity index (χ0) is 17.1. The predicted molar refractivity (Wildman–Crippen MR) is 86.1 cm³/mol. The molecule has 1 aliphatic carbocycles. The molecule has 24 heavy (non-hydrogen) atoms. The topological polar surface area (TPSA) is 67.6 Å². The molecular weight excluding hydrogens is 313 g/mol. The monoisotopic (exact) mass is 339 g/mol. The molecule has 2 aliphatic rings. The van der Waals surface area contributed by atoms with Crippen LogP contribution in [0.4, 0.5) is 4.39 Å². The molecule has 0 bridgehead atoms. The van der Waals surface area contributed by atoms with E-state index in [2.05, 4.69) is 10.5 Å². The van der Waals surface area contributed by atoms with E-state index in [4.69, 9.17) is 9.26 Å². The van der Waals surface area contributed by atoms with Crippen LogP contribution >= 0.6 is 0 Å². The van der Waals surface area contributed by atoms with Gasteiger partial charge in [0.25, 0.3) is 0 Å². The molecule has 1 amide bonds. The molecule has 1 saturated heterocycles. The second-order valence-corrected chi connectivity index (χ2v) is 7.01. The minimum absolute atomic E-state index is 0.0370. The normalized spacial score (nSPS) is 25.8. The van der Waals surface area contributed by atoms with E-state index in [0.29, 0.717) is 38.6 Å². The highest BCUT2D eigenvalue weighted by molar-refractivity contribution is 5.80. The maximum absolute atomic E-state index is 13.8. The largest absolute Gasteiger partial charge is 0.368 e. The number of carbonyl (C=O) groups excluding carboxylic acids is 1. The Hall–Kier alpha value is -1.47. The van der Waals surface area contributed by atoms with Gasteiger partial charge >= 0.3 is 0 Å². The van der Waals surface area contributed by atoms with Crippen molar-refractivity contribution in [2.75, 3.05) is 19.7 Å². The summed E-state index contributed by atoms with van der Waals surface area (Å²) in [5.74, 6) is 1.22. The van der Waals surface area contributed by atoms with Crippen LogP contribution in [-0.2, 0) is 16.1 Å². The van der Waals surface area contributed by atoms with Crippen LogP contribution in [0.5, 0.6) is 0 Å². The number of ether oxygens (including phenoxy) is 1. The van der Waals surface area contributed by atoms with Gasteiger partial charge in [-0.2, -0.15) is 0 Å². The predicted octanol–water partition coefficient (Wildman–Crippen LogP) is 1.83. The van der Waals surface area contributed by atoms with E-state index < -0.39 is 12.3 Å². The van der Waals surface area contributed by atoms with Gasteiger partial charge in [-0.1, -0.05) is 5.16 Å². The number of halogens is 1. The Bertz CT molecular complexity index is 561. The molecule has 2 fully saturated rings. The van der Waals surface area contributed by atoms with Crippen LogP contribution in [0.2, 0.25) is 0 Å². The number of carbonyl (C=O) groups is 1. The standard InChI is InChI=1S/C17H26FN3O3/c1-11-5-16(24-20-11)9-21-8-14(18)6-15(21)7-19-17(22)12(2)23-10-13-3-4-13/h5,12-15H,3-4,6-10H2,1-2H3,(H,19,22)/t12-,14-,15-/m0/s1. The number of hydrogen-bond donors (Lipinski definition) is 1. The quantitative estimate of drug-likeness (QED) is 0.783. The van der Waals surface area contributed by atoms with Gasteiger partial charge in [-0.3, -0.25) is 9.69 Å². The Labute approximate surface area is 141 Å². The molecule has 6 nitrogen and oxygen atoms in total. The smallest absolute Gasteiger partial charge is 0.248 e. The second kappa shape index (κ2) is 7.61. The Morgan fingerprint density at radius 1 is 1.58 bits per heavy atom. The van der Waals surface area contributed by atoms with Crippen molar-refractivity contribution in [2.45, 2.75) is 58.0 Å². The SMILES string of the molecule is Cc1cc(CN2C[C@@H](F)C[C@H]2CNC(=O)[C@H](C)OCC2CC2)on1. The van der Waals surface area contributed by atoms with Crippen LogP contribution in [0.25, 0.3) is 0 Å². The number of alkyl halides is 1. The van der Waals surface area contributed by atoms with E-state index in [9.17, 15) is 9.18 Å². The number of nitrogens with zero attached hydrogens (tertiary/aromatic N) is 2. The van der Waals surface area contributed by atoms with Crippen LogP contribution in [0.1, 0.15) is 37.6 Å². The number of nitrogens with one attached hydrogen (secondary N) is 1. The molecule has 0 aromatic carbocycles. The van der Waals surface area contributed by atoms with E-state index >= 15 is 0 Å². The first-order valence-electron chi connectivity index (χ1n) is 8.71. The number of rotatable bonds is 8. The van der Waals surface area contributed by atoms with Crippen LogP contribution in [-0.4, -0.2) is 54.0 Å². The molecule has 3 rings (SSSR count). The summed E-state index contributed by atoms with van der Waals surface area (Å²) in [6, 6.07) is 1.82. The van der Waals surface area contributed by atoms with Gasteiger partial charge < -0.3 is 14.6 Å². The lowest BCUT2D eigenvalue weighted by Gasteiger charge is -2.23. The van der Waals surface area contributed by atoms with Crippen molar-refractivity contribution in [3.63, 3.8) is 0 Å². The molecule has 3 atom stereocenters. The summed E-state index contributed by atoms with van der Waals surface area (Å²) in [7, 11) is 0. The van der Waals surface area contributed by atoms with Crippen LogP contribution in [0, 0.1) is 12.8 Å². The maximum atomic E-state index is 13.8. The third-order valence-corrected chi connectivity index (χ3v) is 4.67. The molecule has 134 valence electrons. The molecule has 1 N–H and O–H groups in total. The Balaban J connectivity index is 1.45. The number of likely N-dealkylation sites (tertiary alicyclic amines) is 1. The van der Waals surface area contributed by atoms with Gasteiger partial charge in [-0.05, 0) is 39.0 Å². The molecule has 1 saturated carbocycles. The minimum atomic E-state index is -0.875. The van der Waals surface area contributed by atoms with Crippen molar-refractivity contribution in [3.05, 3.63) is 17.5 Å². The van der Waals surface area contributed by atoms with E-state index in [1.807, 2.05) is 17.9 Å². The molecule has 2 heterocycles. The van der Waals surface area contributed by atoms with Crippen molar-refractivity contribution in [3.8, 4) is 0 Å². The fourth-order valence-electron chi connectivity index (χ4n) is 3.02. The molecule has 1 aromatic rings. The molecular formula is C17H26FN3O3. The fraction of sp³-hybridized carbons (Fsp3) is 0.765. The molecule has 0 radical (unpaired) electrons. The summed E-state index contributed by atoms with van der Waals surface area (Å²) in [5.41, 5.74) is 0.812. The maximum Gasteiger partial charge on any atom is 0.248 e. The van der Waals surface area contributed by atoms with Gasteiger partial charge in [0.1, 0.15) is 12.3 Å². The minimum Gasteiger partial charge on any atom is -0.368 e. The van der Waals surface area contributed by atoms with Crippen LogP contribution < -0.4 is 5.32 Å². The molecule has 1 aromatic heterocycles. The molecule has 0 unspecified atom stereocenters. The third-order valence-electron chi connectivity index (χ3n) is 4.67. The van der Waals surface area contributed by atoms with E-state index in [1.165, 1.54) is 12.8 Å². The summed E-state index contributed by atoms with van der Waals surface area (Å²) >= 11 is 0. The highest BCUT2D eigenvalue weighted by Gasteiger charge is 2.33. The van der Waals surface area contributed by atoms with E-state index in [0.717, 1.165) is 11.5 Å². The molecule has 7 heteroatoms. The lowest BCUT2D eigenvalue weighted by molar-refractivity contribution is -0.132. The van der Waals surface area contributed by atoms with Crippen molar-refractivity contribution in [1.82, 2.24) is 15.4 Å². The Kier molecular flexibility index (Phi) is 5.50. The highest BCUT2D eigenvalue weighted by Crippen LogP contribution is 2.29. The van der Waals surface area contributed by atoms with Gasteiger partial charge in [0.2, 0.25) is 5.91 Å². The number of aromatic nitrogens is 1. The summed E-state index contributed by atoms with van der Waals surface area (Å²) < 4.78 is 24.6. The average molecular weight is 339 g/mol. The summed E-state index contributed by atoms with van der Waals surface area (Å²) in [6.45, 7) is 5.56. The number of amides is 1. The first-order valence-corrected chi connectivity index (χ1v) is 8.71. The van der Waals surface area contributed by atoms with Crippen molar-refractivity contribution >= 4 is 5.91 Å². The lowest BCUT2D eigenvalue weighted by Crippen LogP contribution is -2.43. The zero-order valence-electron chi connectivity index (χ0n) is 14.3. The van der Waals surface area contributed by atoms with Gasteiger partial charge in [0, 0.05) is 25.2 Å². The average Bonchev–Trinajstić information content (AvgIpc) is 3.19. The van der Waals surface area contributed by atoms with Crippen molar-refractivity contribution < 1.29 is 18.4 Å². The zero-order valence-corrected chi connectivity index (χ0v) is 14.3. The van der Waals surface area contributed by atoms with Gasteiger partial charge in [-0.25, -0.2) is 4.39 Å². The second-order valence-electron chi connectivity index (χ2n) is 7.01. The van der Waals surface area contributed by atoms with Crippen molar-refractivity contribution in [2.24, 2.45) is 5.92 Å². The van der Waals surface area contributed by atoms with E-state index in [-0.39, 0.29) is 11.9 Å². The van der Waals surface area contributed by atoms with Crippen LogP contribution in [0.3, 0.4) is 0 Å².